The number of benzene rings is 5. The lowest BCUT2D eigenvalue weighted by Crippen LogP contribution is -2.25. The predicted molar refractivity (Wildman–Crippen MR) is 159 cm³/mol. The Labute approximate surface area is 260 Å². The molecule has 0 heterocycles. The van der Waals surface area contributed by atoms with Crippen LogP contribution in [0.1, 0.15) is 36.5 Å². The van der Waals surface area contributed by atoms with Crippen molar-refractivity contribution in [1.82, 2.24) is 0 Å². The van der Waals surface area contributed by atoms with Gasteiger partial charge in [0.05, 0.1) is 0 Å². The molecule has 6 rings (SSSR count). The molecule has 5 aromatic carbocycles. The summed E-state index contributed by atoms with van der Waals surface area (Å²) in [6, 6.07) is 19.2. The Kier molecular flexibility index (Phi) is 8.35. The zero-order chi connectivity index (χ0) is 32.7. The zero-order valence-electron chi connectivity index (χ0n) is 24.4. The molecule has 1 atom stereocenters. The highest BCUT2D eigenvalue weighted by Crippen LogP contribution is 2.39. The monoisotopic (exact) mass is 638 g/mol. The van der Waals surface area contributed by atoms with Gasteiger partial charge in [0, 0.05) is 17.7 Å². The molecule has 0 radical (unpaired) electrons. The summed E-state index contributed by atoms with van der Waals surface area (Å²) in [6.07, 6.45) is -0.200. The highest BCUT2D eigenvalue weighted by Gasteiger charge is 2.41. The van der Waals surface area contributed by atoms with Crippen molar-refractivity contribution in [3.8, 4) is 39.1 Å². The van der Waals surface area contributed by atoms with Gasteiger partial charge in [-0.2, -0.15) is 8.78 Å². The number of hydrogen-bond acceptors (Lipinski definition) is 1. The van der Waals surface area contributed by atoms with Gasteiger partial charge in [-0.15, -0.1) is 0 Å². The van der Waals surface area contributed by atoms with Crippen LogP contribution in [-0.4, -0.2) is 0 Å². The zero-order valence-corrected chi connectivity index (χ0v) is 24.4. The first-order valence-electron chi connectivity index (χ1n) is 14.7. The summed E-state index contributed by atoms with van der Waals surface area (Å²) in [5.41, 5.74) is 3.53. The fourth-order valence-corrected chi connectivity index (χ4v) is 6.08. The normalized spacial score (nSPS) is 14.4. The van der Waals surface area contributed by atoms with E-state index in [4.69, 9.17) is 0 Å². The number of alkyl halides is 2. The second kappa shape index (κ2) is 12.3. The van der Waals surface area contributed by atoms with Gasteiger partial charge in [0.1, 0.15) is 28.8 Å². The Morgan fingerprint density at radius 1 is 0.587 bits per heavy atom. The Morgan fingerprint density at radius 3 is 1.70 bits per heavy atom. The molecule has 1 unspecified atom stereocenters. The second-order valence-corrected chi connectivity index (χ2v) is 11.5. The maximum absolute atomic E-state index is 15.3. The van der Waals surface area contributed by atoms with Crippen LogP contribution in [0, 0.1) is 40.8 Å². The third-order valence-corrected chi connectivity index (χ3v) is 8.29. The number of fused-ring (bicyclic) bond motifs is 1. The van der Waals surface area contributed by atoms with Crippen LogP contribution in [0.25, 0.3) is 33.4 Å². The first kappa shape index (κ1) is 31.3. The van der Waals surface area contributed by atoms with E-state index in [1.807, 2.05) is 24.3 Å². The molecule has 0 bridgehead atoms. The molecule has 0 aliphatic heterocycles. The van der Waals surface area contributed by atoms with Crippen molar-refractivity contribution >= 4 is 0 Å². The third kappa shape index (κ3) is 6.10. The van der Waals surface area contributed by atoms with E-state index in [1.54, 1.807) is 0 Å². The molecular weight excluding hydrogens is 612 g/mol. The second-order valence-electron chi connectivity index (χ2n) is 11.5. The van der Waals surface area contributed by atoms with Gasteiger partial charge < -0.3 is 4.74 Å². The molecule has 236 valence electrons. The Morgan fingerprint density at radius 2 is 1.11 bits per heavy atom. The van der Waals surface area contributed by atoms with Gasteiger partial charge in [0.25, 0.3) is 0 Å². The quantitative estimate of drug-likeness (QED) is 0.121. The average Bonchev–Trinajstić information content (AvgIpc) is 3.41. The van der Waals surface area contributed by atoms with Crippen LogP contribution in [0.2, 0.25) is 0 Å². The number of ether oxygens (including phenoxy) is 1. The van der Waals surface area contributed by atoms with Crippen molar-refractivity contribution < 1.29 is 39.9 Å². The van der Waals surface area contributed by atoms with E-state index in [-0.39, 0.29) is 23.3 Å². The van der Waals surface area contributed by atoms with Crippen molar-refractivity contribution in [2.45, 2.75) is 38.7 Å². The number of hydrogen-bond donors (Lipinski definition) is 0. The van der Waals surface area contributed by atoms with Crippen LogP contribution >= 0.6 is 0 Å². The lowest BCUT2D eigenvalue weighted by Gasteiger charge is -2.20. The Hall–Kier alpha value is -4.66. The minimum atomic E-state index is -4.75. The van der Waals surface area contributed by atoms with Gasteiger partial charge in [0.15, 0.2) is 17.5 Å². The SMILES string of the molecule is CCCC1Cc2ccc(-c3ccc(-c4ccc(-c5cc(F)c(C(F)(F)Oc6cc(F)c(F)c(F)c6)c(F)c5)c(F)c4)cc3)cc2C1. The van der Waals surface area contributed by atoms with E-state index >= 15 is 4.39 Å². The third-order valence-electron chi connectivity index (χ3n) is 8.29. The summed E-state index contributed by atoms with van der Waals surface area (Å²) in [7, 11) is 0. The van der Waals surface area contributed by atoms with Gasteiger partial charge in [-0.05, 0) is 75.9 Å². The van der Waals surface area contributed by atoms with Gasteiger partial charge in [-0.25, -0.2) is 26.3 Å². The van der Waals surface area contributed by atoms with Crippen LogP contribution in [0.3, 0.4) is 0 Å². The van der Waals surface area contributed by atoms with Gasteiger partial charge in [-0.1, -0.05) is 74.4 Å². The van der Waals surface area contributed by atoms with Crippen molar-refractivity contribution in [1.29, 1.82) is 0 Å². The molecule has 0 fully saturated rings. The van der Waals surface area contributed by atoms with Crippen LogP contribution in [0.4, 0.5) is 35.1 Å². The summed E-state index contributed by atoms with van der Waals surface area (Å²) >= 11 is 0. The summed E-state index contributed by atoms with van der Waals surface area (Å²) in [4.78, 5) is 0. The van der Waals surface area contributed by atoms with Crippen LogP contribution < -0.4 is 4.74 Å². The molecule has 0 aromatic heterocycles. The molecule has 1 aliphatic rings. The lowest BCUT2D eigenvalue weighted by molar-refractivity contribution is -0.189. The van der Waals surface area contributed by atoms with E-state index in [1.165, 1.54) is 35.7 Å². The van der Waals surface area contributed by atoms with E-state index in [2.05, 4.69) is 29.9 Å². The largest absolute Gasteiger partial charge is 0.432 e. The standard InChI is InChI=1S/C37H26F8O/c1-2-3-20-12-23-8-9-24(14-26(23)13-20)21-4-6-22(7-5-21)25-10-11-29(30(38)15-25)27-16-31(39)35(32(40)17-27)37(44,45)46-28-18-33(41)36(43)34(42)19-28/h4-11,14-20H,2-3,12-13H2,1H3. The minimum absolute atomic E-state index is 0.107. The smallest absolute Gasteiger partial charge is 0.429 e. The van der Waals surface area contributed by atoms with Crippen molar-refractivity contribution in [2.24, 2.45) is 5.92 Å². The topological polar surface area (TPSA) is 9.23 Å². The van der Waals surface area contributed by atoms with E-state index < -0.39 is 52.3 Å². The molecule has 0 N–H and O–H groups in total. The summed E-state index contributed by atoms with van der Waals surface area (Å²) < 4.78 is 119. The minimum Gasteiger partial charge on any atom is -0.429 e. The molecule has 1 aliphatic carbocycles. The molecule has 46 heavy (non-hydrogen) atoms. The van der Waals surface area contributed by atoms with E-state index in [0.717, 1.165) is 30.4 Å². The van der Waals surface area contributed by atoms with Gasteiger partial charge in [-0.3, -0.25) is 0 Å². The molecule has 0 amide bonds. The average molecular weight is 639 g/mol. The van der Waals surface area contributed by atoms with E-state index in [0.29, 0.717) is 29.2 Å². The molecule has 0 saturated heterocycles. The van der Waals surface area contributed by atoms with Crippen LogP contribution in [0.5, 0.6) is 5.75 Å². The maximum atomic E-state index is 15.3. The van der Waals surface area contributed by atoms with Crippen molar-refractivity contribution in [3.63, 3.8) is 0 Å². The molecule has 0 saturated carbocycles. The highest BCUT2D eigenvalue weighted by molar-refractivity contribution is 5.74. The Bertz CT molecular complexity index is 1890. The lowest BCUT2D eigenvalue weighted by atomic mass is 9.96. The maximum Gasteiger partial charge on any atom is 0.432 e. The fourth-order valence-electron chi connectivity index (χ4n) is 6.08. The summed E-state index contributed by atoms with van der Waals surface area (Å²) in [6.45, 7) is 2.20. The summed E-state index contributed by atoms with van der Waals surface area (Å²) in [5, 5.41) is 0. The predicted octanol–water partition coefficient (Wildman–Crippen LogP) is 11.2. The van der Waals surface area contributed by atoms with Crippen molar-refractivity contribution in [2.75, 3.05) is 0 Å². The highest BCUT2D eigenvalue weighted by atomic mass is 19.3. The molecule has 0 spiro atoms. The first-order valence-corrected chi connectivity index (χ1v) is 14.7. The molecule has 9 heteroatoms. The number of rotatable bonds is 8. The Balaban J connectivity index is 1.21. The van der Waals surface area contributed by atoms with Crippen LogP contribution in [0.15, 0.2) is 84.9 Å². The number of halogens is 8. The summed E-state index contributed by atoms with van der Waals surface area (Å²) in [5.74, 6) is -10.6. The molecule has 1 nitrogen and oxygen atoms in total. The first-order chi connectivity index (χ1) is 21.9. The van der Waals surface area contributed by atoms with Gasteiger partial charge >= 0.3 is 6.11 Å². The van der Waals surface area contributed by atoms with Crippen molar-refractivity contribution in [3.05, 3.63) is 137 Å². The molecule has 5 aromatic rings. The van der Waals surface area contributed by atoms with Gasteiger partial charge in [0.2, 0.25) is 0 Å². The molecular formula is C37H26F8O. The fraction of sp³-hybridized carbons (Fsp3) is 0.189. The van der Waals surface area contributed by atoms with E-state index in [9.17, 15) is 30.7 Å². The van der Waals surface area contributed by atoms with Crippen LogP contribution in [-0.2, 0) is 19.0 Å².